The Hall–Kier alpha value is -0.770. The van der Waals surface area contributed by atoms with Crippen molar-refractivity contribution in [3.8, 4) is 0 Å². The van der Waals surface area contributed by atoms with Crippen LogP contribution in [0, 0.1) is 0 Å². The molecule has 0 atom stereocenters. The predicted molar refractivity (Wildman–Crippen MR) is 41.4 cm³/mol. The number of hydrogen-bond acceptors (Lipinski definition) is 4. The number of fused-ring (bicyclic) bond motifs is 1. The zero-order valence-corrected chi connectivity index (χ0v) is 6.19. The Morgan fingerprint density at radius 1 is 1.50 bits per heavy atom. The van der Waals surface area contributed by atoms with Crippen molar-refractivity contribution in [1.82, 2.24) is 9.97 Å². The number of anilines is 1. The third-order valence-corrected chi connectivity index (χ3v) is 2.46. The Kier molecular flexibility index (Phi) is 1.27. The molecule has 4 heteroatoms. The summed E-state index contributed by atoms with van der Waals surface area (Å²) in [6.45, 7) is 0. The molecule has 1 aliphatic heterocycles. The summed E-state index contributed by atoms with van der Waals surface area (Å²) in [5, 5.41) is 0. The molecular weight excluding hydrogens is 146 g/mol. The second-order valence-corrected chi connectivity index (χ2v) is 3.18. The van der Waals surface area contributed by atoms with Crippen LogP contribution in [0.4, 0.5) is 5.95 Å². The number of thioether (sulfide) groups is 1. The fourth-order valence-corrected chi connectivity index (χ4v) is 1.97. The first kappa shape index (κ1) is 5.97. The van der Waals surface area contributed by atoms with Crippen LogP contribution in [0.1, 0.15) is 11.3 Å². The van der Waals surface area contributed by atoms with Crippen LogP contribution in [0.5, 0.6) is 0 Å². The number of hydrogen-bond donors (Lipinski definition) is 1. The zero-order chi connectivity index (χ0) is 6.97. The van der Waals surface area contributed by atoms with Crippen LogP contribution in [0.2, 0.25) is 0 Å². The van der Waals surface area contributed by atoms with Crippen LogP contribution in [-0.4, -0.2) is 9.97 Å². The molecule has 2 heterocycles. The highest BCUT2D eigenvalue weighted by atomic mass is 32.2. The summed E-state index contributed by atoms with van der Waals surface area (Å²) in [5.41, 5.74) is 7.74. The summed E-state index contributed by atoms with van der Waals surface area (Å²) in [4.78, 5) is 8.00. The fourth-order valence-electron chi connectivity index (χ4n) is 0.961. The summed E-state index contributed by atoms with van der Waals surface area (Å²) in [6.07, 6.45) is 1.82. The standard InChI is InChI=1S/C6H7N3S/c7-6-8-1-4-2-10-3-5(4)9-6/h1H,2-3H2,(H2,7,8,9). The fraction of sp³-hybridized carbons (Fsp3) is 0.333. The van der Waals surface area contributed by atoms with E-state index in [1.165, 1.54) is 5.56 Å². The molecule has 0 spiro atoms. The summed E-state index contributed by atoms with van der Waals surface area (Å²) in [5.74, 6) is 2.42. The molecule has 0 unspecified atom stereocenters. The van der Waals surface area contributed by atoms with Gasteiger partial charge in [-0.15, -0.1) is 0 Å². The van der Waals surface area contributed by atoms with Gasteiger partial charge < -0.3 is 5.73 Å². The first-order chi connectivity index (χ1) is 4.86. The Labute approximate surface area is 63.1 Å². The van der Waals surface area contributed by atoms with E-state index in [2.05, 4.69) is 9.97 Å². The molecule has 0 aliphatic carbocycles. The van der Waals surface area contributed by atoms with E-state index in [4.69, 9.17) is 5.73 Å². The molecule has 0 saturated heterocycles. The van der Waals surface area contributed by atoms with Crippen molar-refractivity contribution in [2.75, 3.05) is 5.73 Å². The molecule has 0 amide bonds. The van der Waals surface area contributed by atoms with E-state index < -0.39 is 0 Å². The molecule has 0 fully saturated rings. The van der Waals surface area contributed by atoms with Gasteiger partial charge in [0.1, 0.15) is 0 Å². The molecule has 0 bridgehead atoms. The summed E-state index contributed by atoms with van der Waals surface area (Å²) >= 11 is 1.85. The molecule has 0 aromatic carbocycles. The van der Waals surface area contributed by atoms with Gasteiger partial charge in [-0.05, 0) is 0 Å². The number of nitrogens with zero attached hydrogens (tertiary/aromatic N) is 2. The van der Waals surface area contributed by atoms with Crippen molar-refractivity contribution >= 4 is 17.7 Å². The van der Waals surface area contributed by atoms with E-state index >= 15 is 0 Å². The molecular formula is C6H7N3S. The molecule has 3 nitrogen and oxygen atoms in total. The van der Waals surface area contributed by atoms with E-state index in [0.29, 0.717) is 5.95 Å². The van der Waals surface area contributed by atoms with Crippen molar-refractivity contribution in [1.29, 1.82) is 0 Å². The number of nitrogens with two attached hydrogens (primary N) is 1. The largest absolute Gasteiger partial charge is 0.368 e. The molecule has 10 heavy (non-hydrogen) atoms. The number of nitrogen functional groups attached to an aromatic ring is 1. The average molecular weight is 153 g/mol. The van der Waals surface area contributed by atoms with Gasteiger partial charge in [0.2, 0.25) is 5.95 Å². The second-order valence-electron chi connectivity index (χ2n) is 2.19. The van der Waals surface area contributed by atoms with Gasteiger partial charge >= 0.3 is 0 Å². The van der Waals surface area contributed by atoms with Crippen LogP contribution in [0.3, 0.4) is 0 Å². The van der Waals surface area contributed by atoms with E-state index in [9.17, 15) is 0 Å². The minimum absolute atomic E-state index is 0.390. The van der Waals surface area contributed by atoms with Crippen molar-refractivity contribution in [2.45, 2.75) is 11.5 Å². The lowest BCUT2D eigenvalue weighted by Crippen LogP contribution is -1.97. The van der Waals surface area contributed by atoms with Crippen molar-refractivity contribution in [3.05, 3.63) is 17.5 Å². The molecule has 2 N–H and O–H groups in total. The van der Waals surface area contributed by atoms with Crippen LogP contribution in [-0.2, 0) is 11.5 Å². The van der Waals surface area contributed by atoms with Gasteiger partial charge in [-0.1, -0.05) is 0 Å². The maximum atomic E-state index is 5.40. The Morgan fingerprint density at radius 3 is 3.30 bits per heavy atom. The maximum absolute atomic E-state index is 5.40. The summed E-state index contributed by atoms with van der Waals surface area (Å²) < 4.78 is 0. The van der Waals surface area contributed by atoms with Gasteiger partial charge in [0.05, 0.1) is 5.69 Å². The van der Waals surface area contributed by atoms with Crippen molar-refractivity contribution in [3.63, 3.8) is 0 Å². The van der Waals surface area contributed by atoms with Crippen LogP contribution in [0.25, 0.3) is 0 Å². The Balaban J connectivity index is 2.52. The lowest BCUT2D eigenvalue weighted by Gasteiger charge is -1.95. The van der Waals surface area contributed by atoms with Crippen LogP contribution < -0.4 is 5.73 Å². The van der Waals surface area contributed by atoms with E-state index in [-0.39, 0.29) is 0 Å². The maximum Gasteiger partial charge on any atom is 0.220 e. The monoisotopic (exact) mass is 153 g/mol. The molecule has 2 rings (SSSR count). The number of rotatable bonds is 0. The third-order valence-electron chi connectivity index (χ3n) is 1.47. The highest BCUT2D eigenvalue weighted by molar-refractivity contribution is 7.98. The van der Waals surface area contributed by atoms with Crippen molar-refractivity contribution < 1.29 is 0 Å². The quantitative estimate of drug-likeness (QED) is 0.599. The average Bonchev–Trinajstić information content (AvgIpc) is 2.33. The van der Waals surface area contributed by atoms with Gasteiger partial charge in [-0.25, -0.2) is 9.97 Å². The summed E-state index contributed by atoms with van der Waals surface area (Å²) in [6, 6.07) is 0. The second kappa shape index (κ2) is 2.12. The predicted octanol–water partition coefficient (Wildman–Crippen LogP) is 0.806. The Morgan fingerprint density at radius 2 is 2.40 bits per heavy atom. The van der Waals surface area contributed by atoms with Crippen molar-refractivity contribution in [2.24, 2.45) is 0 Å². The first-order valence-electron chi connectivity index (χ1n) is 3.04. The van der Waals surface area contributed by atoms with E-state index in [1.807, 2.05) is 18.0 Å². The molecule has 1 aliphatic rings. The van der Waals surface area contributed by atoms with Crippen LogP contribution in [0.15, 0.2) is 6.20 Å². The molecule has 0 saturated carbocycles. The first-order valence-corrected chi connectivity index (χ1v) is 4.20. The lowest BCUT2D eigenvalue weighted by molar-refractivity contribution is 1.08. The molecule has 0 radical (unpaired) electrons. The van der Waals surface area contributed by atoms with Crippen LogP contribution >= 0.6 is 11.8 Å². The van der Waals surface area contributed by atoms with Gasteiger partial charge in [0, 0.05) is 23.3 Å². The van der Waals surface area contributed by atoms with Gasteiger partial charge in [0.25, 0.3) is 0 Å². The normalized spacial score (nSPS) is 15.2. The number of aromatic nitrogens is 2. The lowest BCUT2D eigenvalue weighted by atomic mass is 10.3. The SMILES string of the molecule is Nc1ncc2c(n1)CSC2. The van der Waals surface area contributed by atoms with E-state index in [1.54, 1.807) is 0 Å². The van der Waals surface area contributed by atoms with Gasteiger partial charge in [0.15, 0.2) is 0 Å². The minimum Gasteiger partial charge on any atom is -0.368 e. The molecule has 1 aromatic rings. The third kappa shape index (κ3) is 0.844. The summed E-state index contributed by atoms with van der Waals surface area (Å²) in [7, 11) is 0. The van der Waals surface area contributed by atoms with Gasteiger partial charge in [-0.3, -0.25) is 0 Å². The smallest absolute Gasteiger partial charge is 0.220 e. The van der Waals surface area contributed by atoms with Gasteiger partial charge in [-0.2, -0.15) is 11.8 Å². The van der Waals surface area contributed by atoms with E-state index in [0.717, 1.165) is 17.2 Å². The minimum atomic E-state index is 0.390. The topological polar surface area (TPSA) is 51.8 Å². The molecule has 52 valence electrons. The molecule has 1 aromatic heterocycles. The zero-order valence-electron chi connectivity index (χ0n) is 5.37. The Bertz CT molecular complexity index is 261. The highest BCUT2D eigenvalue weighted by Crippen LogP contribution is 2.27. The highest BCUT2D eigenvalue weighted by Gasteiger charge is 2.12.